The van der Waals surface area contributed by atoms with Crippen molar-refractivity contribution >= 4 is 29.1 Å². The summed E-state index contributed by atoms with van der Waals surface area (Å²) < 4.78 is 110. The van der Waals surface area contributed by atoms with E-state index in [1.54, 1.807) is 24.3 Å². The van der Waals surface area contributed by atoms with E-state index in [-0.39, 0.29) is 17.2 Å². The summed E-state index contributed by atoms with van der Waals surface area (Å²) in [6.45, 7) is -1.85. The number of aromatic nitrogens is 2. The topological polar surface area (TPSA) is 85.8 Å². The fourth-order valence-corrected chi connectivity index (χ4v) is 3.89. The van der Waals surface area contributed by atoms with Crippen LogP contribution < -0.4 is 19.7 Å². The van der Waals surface area contributed by atoms with E-state index in [9.17, 15) is 35.5 Å². The van der Waals surface area contributed by atoms with E-state index in [2.05, 4.69) is 20.0 Å². The SMILES string of the molecule is COC(=O)N(c1ccc(OCC(F)(F)F)cc1C(F)(F)F)c1ncc(-c2ccccc2OC)nc1Nc1ccccc1F. The molecule has 1 aromatic heterocycles. The van der Waals surface area contributed by atoms with Crippen LogP contribution in [0.4, 0.5) is 58.5 Å². The molecule has 0 saturated heterocycles. The molecule has 1 amide bonds. The maximum atomic E-state index is 14.6. The van der Waals surface area contributed by atoms with Crippen molar-refractivity contribution < 1.29 is 49.7 Å². The van der Waals surface area contributed by atoms with Crippen molar-refractivity contribution in [2.45, 2.75) is 12.4 Å². The number of hydrogen-bond acceptors (Lipinski definition) is 7. The average Bonchev–Trinajstić information content (AvgIpc) is 2.97. The Bertz CT molecular complexity index is 1610. The molecule has 1 N–H and O–H groups in total. The van der Waals surface area contributed by atoms with Crippen LogP contribution in [0.3, 0.4) is 0 Å². The van der Waals surface area contributed by atoms with E-state index < -0.39 is 53.7 Å². The molecule has 1 heterocycles. The summed E-state index contributed by atoms with van der Waals surface area (Å²) in [6, 6.07) is 13.7. The van der Waals surface area contributed by atoms with Gasteiger partial charge in [-0.25, -0.2) is 24.1 Å². The molecule has 0 unspecified atom stereocenters. The molecule has 0 aliphatic heterocycles. The third kappa shape index (κ3) is 7.23. The molecule has 0 aliphatic rings. The molecule has 43 heavy (non-hydrogen) atoms. The second-order valence-electron chi connectivity index (χ2n) is 8.62. The molecule has 0 aliphatic carbocycles. The lowest BCUT2D eigenvalue weighted by Crippen LogP contribution is -2.30. The van der Waals surface area contributed by atoms with Crippen molar-refractivity contribution in [3.63, 3.8) is 0 Å². The molecule has 8 nitrogen and oxygen atoms in total. The highest BCUT2D eigenvalue weighted by Crippen LogP contribution is 2.43. The summed E-state index contributed by atoms with van der Waals surface area (Å²) in [5, 5.41) is 2.65. The van der Waals surface area contributed by atoms with Crippen LogP contribution in [0.15, 0.2) is 72.9 Å². The lowest BCUT2D eigenvalue weighted by molar-refractivity contribution is -0.153. The van der Waals surface area contributed by atoms with Gasteiger partial charge in [-0.1, -0.05) is 24.3 Å². The fourth-order valence-electron chi connectivity index (χ4n) is 3.89. The smallest absolute Gasteiger partial charge is 0.422 e. The van der Waals surface area contributed by atoms with Crippen LogP contribution in [0.2, 0.25) is 0 Å². The van der Waals surface area contributed by atoms with E-state index in [0.717, 1.165) is 25.4 Å². The van der Waals surface area contributed by atoms with Crippen molar-refractivity contribution in [3.05, 3.63) is 84.3 Å². The Morgan fingerprint density at radius 1 is 0.953 bits per heavy atom. The zero-order valence-electron chi connectivity index (χ0n) is 22.3. The first-order valence-corrected chi connectivity index (χ1v) is 12.1. The summed E-state index contributed by atoms with van der Waals surface area (Å²) in [6.07, 6.45) is -10.2. The lowest BCUT2D eigenvalue weighted by Gasteiger charge is -2.26. The van der Waals surface area contributed by atoms with Crippen LogP contribution in [-0.2, 0) is 10.9 Å². The molecule has 3 aromatic carbocycles. The van der Waals surface area contributed by atoms with Gasteiger partial charge in [-0.15, -0.1) is 0 Å². The highest BCUT2D eigenvalue weighted by Gasteiger charge is 2.39. The molecule has 0 spiro atoms. The number of para-hydroxylation sites is 2. The quantitative estimate of drug-likeness (QED) is 0.203. The molecule has 0 fully saturated rings. The number of nitrogens with one attached hydrogen (secondary N) is 1. The van der Waals surface area contributed by atoms with Crippen LogP contribution in [0, 0.1) is 5.82 Å². The monoisotopic (exact) mass is 610 g/mol. The number of benzene rings is 3. The van der Waals surface area contributed by atoms with Gasteiger partial charge in [0.1, 0.15) is 17.3 Å². The van der Waals surface area contributed by atoms with Crippen LogP contribution in [0.5, 0.6) is 11.5 Å². The third-order valence-corrected chi connectivity index (χ3v) is 5.75. The van der Waals surface area contributed by atoms with Gasteiger partial charge in [0.25, 0.3) is 0 Å². The molecule has 0 radical (unpaired) electrons. The normalized spacial score (nSPS) is 11.6. The number of carbonyl (C=O) groups excluding carboxylic acids is 1. The highest BCUT2D eigenvalue weighted by molar-refractivity contribution is 5.99. The number of hydrogen-bond donors (Lipinski definition) is 1. The van der Waals surface area contributed by atoms with Gasteiger partial charge in [-0.2, -0.15) is 26.3 Å². The second-order valence-corrected chi connectivity index (χ2v) is 8.62. The summed E-state index contributed by atoms with van der Waals surface area (Å²) in [4.78, 5) is 22.0. The van der Waals surface area contributed by atoms with E-state index in [0.29, 0.717) is 28.3 Å². The van der Waals surface area contributed by atoms with Crippen molar-refractivity contribution in [3.8, 4) is 22.8 Å². The van der Waals surface area contributed by atoms with Gasteiger partial charge in [0.2, 0.25) is 0 Å². The van der Waals surface area contributed by atoms with Gasteiger partial charge in [0, 0.05) is 5.56 Å². The highest BCUT2D eigenvalue weighted by atomic mass is 19.4. The van der Waals surface area contributed by atoms with Crippen molar-refractivity contribution in [1.82, 2.24) is 9.97 Å². The number of nitrogens with zero attached hydrogens (tertiary/aromatic N) is 3. The molecule has 0 atom stereocenters. The number of halogens is 7. The van der Waals surface area contributed by atoms with Crippen molar-refractivity contribution in [2.24, 2.45) is 0 Å². The van der Waals surface area contributed by atoms with Gasteiger partial charge in [0.15, 0.2) is 18.2 Å². The van der Waals surface area contributed by atoms with E-state index >= 15 is 0 Å². The number of anilines is 4. The Morgan fingerprint density at radius 2 is 1.65 bits per heavy atom. The van der Waals surface area contributed by atoms with E-state index in [1.807, 2.05) is 0 Å². The first-order chi connectivity index (χ1) is 20.3. The fraction of sp³-hybridized carbons (Fsp3) is 0.179. The number of amides is 1. The van der Waals surface area contributed by atoms with Gasteiger partial charge in [-0.3, -0.25) is 0 Å². The zero-order valence-corrected chi connectivity index (χ0v) is 22.3. The Morgan fingerprint density at radius 3 is 2.30 bits per heavy atom. The number of ether oxygens (including phenoxy) is 3. The first-order valence-electron chi connectivity index (χ1n) is 12.1. The standard InChI is InChI=1S/C28H21F7N4O4/c1-41-23-10-6-3-7-17(23)21-14-36-25(24(38-21)37-20-9-5-4-8-19(20)29)39(26(40)42-2)22-12-11-16(43-15-27(30,31)32)13-18(22)28(33,34)35/h3-14H,15H2,1-2H3,(H,37,38). The molecular formula is C28H21F7N4O4. The Labute approximate surface area is 239 Å². The second kappa shape index (κ2) is 12.4. The Hall–Kier alpha value is -5.08. The predicted molar refractivity (Wildman–Crippen MR) is 141 cm³/mol. The zero-order chi connectivity index (χ0) is 31.4. The van der Waals surface area contributed by atoms with Gasteiger partial charge >= 0.3 is 18.4 Å². The molecule has 4 aromatic rings. The number of alkyl halides is 6. The number of carbonyl (C=O) groups is 1. The molecule has 226 valence electrons. The van der Waals surface area contributed by atoms with Crippen LogP contribution >= 0.6 is 0 Å². The summed E-state index contributed by atoms with van der Waals surface area (Å²) in [7, 11) is 2.29. The molecule has 15 heteroatoms. The van der Waals surface area contributed by atoms with Crippen LogP contribution in [-0.4, -0.2) is 43.1 Å². The molecule has 4 rings (SSSR count). The lowest BCUT2D eigenvalue weighted by atomic mass is 10.1. The Kier molecular flexibility index (Phi) is 8.92. The minimum absolute atomic E-state index is 0.136. The van der Waals surface area contributed by atoms with Gasteiger partial charge < -0.3 is 19.5 Å². The summed E-state index contributed by atoms with van der Waals surface area (Å²) in [5.74, 6) is -2.09. The summed E-state index contributed by atoms with van der Waals surface area (Å²) in [5.41, 5.74) is -2.05. The first kappa shape index (κ1) is 30.9. The Balaban J connectivity index is 1.93. The third-order valence-electron chi connectivity index (χ3n) is 5.75. The van der Waals surface area contributed by atoms with E-state index in [1.165, 1.54) is 25.3 Å². The van der Waals surface area contributed by atoms with Gasteiger partial charge in [0.05, 0.1) is 43.0 Å². The van der Waals surface area contributed by atoms with Crippen molar-refractivity contribution in [2.75, 3.05) is 31.0 Å². The molecule has 0 bridgehead atoms. The average molecular weight is 610 g/mol. The number of rotatable bonds is 8. The molecular weight excluding hydrogens is 589 g/mol. The van der Waals surface area contributed by atoms with Crippen LogP contribution in [0.25, 0.3) is 11.3 Å². The largest absolute Gasteiger partial charge is 0.496 e. The molecule has 0 saturated carbocycles. The van der Waals surface area contributed by atoms with Crippen molar-refractivity contribution in [1.29, 1.82) is 0 Å². The van der Waals surface area contributed by atoms with Crippen LogP contribution in [0.1, 0.15) is 5.56 Å². The minimum atomic E-state index is -5.19. The maximum absolute atomic E-state index is 14.6. The van der Waals surface area contributed by atoms with Gasteiger partial charge in [-0.05, 0) is 42.5 Å². The minimum Gasteiger partial charge on any atom is -0.496 e. The summed E-state index contributed by atoms with van der Waals surface area (Å²) >= 11 is 0. The number of methoxy groups -OCH3 is 2. The maximum Gasteiger partial charge on any atom is 0.422 e. The predicted octanol–water partition coefficient (Wildman–Crippen LogP) is 7.90. The van der Waals surface area contributed by atoms with E-state index in [4.69, 9.17) is 9.47 Å².